The Morgan fingerprint density at radius 1 is 0.605 bits per heavy atom. The number of ether oxygens (including phenoxy) is 5. The second-order valence-electron chi connectivity index (χ2n) is 12.1. The van der Waals surface area contributed by atoms with Crippen LogP contribution < -0.4 is 10.6 Å². The van der Waals surface area contributed by atoms with Crippen molar-refractivity contribution in [3.05, 3.63) is 0 Å². The Balaban J connectivity index is 1.53. The zero-order valence-electron chi connectivity index (χ0n) is 27.6. The zero-order valence-corrected chi connectivity index (χ0v) is 27.6. The number of carbonyl (C=O) groups excluding carboxylic acids is 2. The number of piperidine rings is 2. The molecule has 252 valence electrons. The third-order valence-corrected chi connectivity index (χ3v) is 8.90. The first-order valence-corrected chi connectivity index (χ1v) is 16.7. The van der Waals surface area contributed by atoms with Gasteiger partial charge in [-0.05, 0) is 68.9 Å². The van der Waals surface area contributed by atoms with Crippen LogP contribution in [-0.4, -0.2) is 141 Å². The van der Waals surface area contributed by atoms with Crippen molar-refractivity contribution >= 4 is 11.8 Å². The van der Waals surface area contributed by atoms with Gasteiger partial charge < -0.3 is 44.1 Å². The number of amides is 2. The highest BCUT2D eigenvalue weighted by atomic mass is 16.5. The largest absolute Gasteiger partial charge is 0.381 e. The summed E-state index contributed by atoms with van der Waals surface area (Å²) in [6, 6.07) is 0. The van der Waals surface area contributed by atoms with Crippen LogP contribution in [0.15, 0.2) is 0 Å². The van der Waals surface area contributed by atoms with Gasteiger partial charge in [-0.3, -0.25) is 9.59 Å². The maximum atomic E-state index is 11.2. The second kappa shape index (κ2) is 24.0. The fourth-order valence-corrected chi connectivity index (χ4v) is 5.97. The molecule has 0 aromatic heterocycles. The number of nitrogens with one attached hydrogen (secondary N) is 2. The number of nitrogens with zero attached hydrogens (tertiary/aromatic N) is 2. The lowest BCUT2D eigenvalue weighted by molar-refractivity contribution is -0.125. The van der Waals surface area contributed by atoms with Gasteiger partial charge in [0.2, 0.25) is 11.8 Å². The number of likely N-dealkylation sites (tertiary alicyclic amines) is 2. The van der Waals surface area contributed by atoms with Crippen LogP contribution in [0.1, 0.15) is 52.4 Å². The van der Waals surface area contributed by atoms with Crippen LogP contribution in [0.5, 0.6) is 0 Å². The summed E-state index contributed by atoms with van der Waals surface area (Å²) in [5.41, 5.74) is 0. The van der Waals surface area contributed by atoms with Crippen LogP contribution >= 0.6 is 0 Å². The SMILES string of the molecule is CNC(=O)CCOCCCCOCCN1CC[C@@H](C)C(C2CN(CCOCCCOCCOCC(=O)NC)CC[C@@H]2C)C1. The molecular formula is C32H62N4O7. The molecule has 11 nitrogen and oxygen atoms in total. The molecule has 0 aliphatic carbocycles. The molecule has 2 amide bonds. The number of unbranched alkanes of at least 4 members (excludes halogenated alkanes) is 1. The molecule has 2 N–H and O–H groups in total. The zero-order chi connectivity index (χ0) is 31.1. The minimum atomic E-state index is -0.123. The molecule has 0 radical (unpaired) electrons. The summed E-state index contributed by atoms with van der Waals surface area (Å²) in [4.78, 5) is 27.5. The third-order valence-electron chi connectivity index (χ3n) is 8.90. The lowest BCUT2D eigenvalue weighted by Gasteiger charge is -2.47. The van der Waals surface area contributed by atoms with Gasteiger partial charge in [0, 0.05) is 73.1 Å². The minimum Gasteiger partial charge on any atom is -0.381 e. The number of hydrogen-bond acceptors (Lipinski definition) is 9. The molecule has 2 aliphatic heterocycles. The highest BCUT2D eigenvalue weighted by Gasteiger charge is 2.37. The predicted molar refractivity (Wildman–Crippen MR) is 168 cm³/mol. The number of carbonyl (C=O) groups is 2. The van der Waals surface area contributed by atoms with E-state index in [9.17, 15) is 9.59 Å². The topological polar surface area (TPSA) is 111 Å². The van der Waals surface area contributed by atoms with E-state index in [4.69, 9.17) is 23.7 Å². The van der Waals surface area contributed by atoms with E-state index >= 15 is 0 Å². The Labute approximate surface area is 261 Å². The Kier molecular flexibility index (Phi) is 21.1. The van der Waals surface area contributed by atoms with Gasteiger partial charge in [0.1, 0.15) is 6.61 Å². The molecule has 2 aliphatic rings. The molecule has 0 saturated carbocycles. The fourth-order valence-electron chi connectivity index (χ4n) is 5.97. The summed E-state index contributed by atoms with van der Waals surface area (Å²) >= 11 is 0. The summed E-state index contributed by atoms with van der Waals surface area (Å²) in [5, 5.41) is 5.13. The maximum Gasteiger partial charge on any atom is 0.245 e. The lowest BCUT2D eigenvalue weighted by Crippen LogP contribution is -2.51. The molecule has 4 atom stereocenters. The van der Waals surface area contributed by atoms with Gasteiger partial charge in [-0.25, -0.2) is 0 Å². The maximum absolute atomic E-state index is 11.2. The van der Waals surface area contributed by atoms with Gasteiger partial charge in [0.05, 0.1) is 33.0 Å². The highest BCUT2D eigenvalue weighted by Crippen LogP contribution is 2.37. The van der Waals surface area contributed by atoms with Gasteiger partial charge in [-0.15, -0.1) is 0 Å². The molecular weight excluding hydrogens is 552 g/mol. The van der Waals surface area contributed by atoms with Gasteiger partial charge in [0.25, 0.3) is 0 Å². The average molecular weight is 615 g/mol. The van der Waals surface area contributed by atoms with Crippen molar-refractivity contribution < 1.29 is 33.3 Å². The Morgan fingerprint density at radius 2 is 1.07 bits per heavy atom. The Bertz CT molecular complexity index is 732. The first kappa shape index (κ1) is 37.8. The van der Waals surface area contributed by atoms with E-state index in [0.29, 0.717) is 46.1 Å². The van der Waals surface area contributed by atoms with Crippen LogP contribution in [0, 0.1) is 23.7 Å². The average Bonchev–Trinajstić information content (AvgIpc) is 3.01. The molecule has 43 heavy (non-hydrogen) atoms. The van der Waals surface area contributed by atoms with Crippen molar-refractivity contribution in [3.63, 3.8) is 0 Å². The molecule has 0 aromatic carbocycles. The first-order valence-electron chi connectivity index (χ1n) is 16.7. The molecule has 2 fully saturated rings. The number of likely N-dealkylation sites (N-methyl/N-ethyl adjacent to an activating group) is 1. The summed E-state index contributed by atoms with van der Waals surface area (Å²) in [7, 11) is 3.24. The van der Waals surface area contributed by atoms with Crippen LogP contribution in [0.4, 0.5) is 0 Å². The molecule has 0 spiro atoms. The van der Waals surface area contributed by atoms with E-state index in [-0.39, 0.29) is 18.4 Å². The van der Waals surface area contributed by atoms with Crippen molar-refractivity contribution in [1.29, 1.82) is 0 Å². The molecule has 2 rings (SSSR count). The molecule has 2 saturated heterocycles. The predicted octanol–water partition coefficient (Wildman–Crippen LogP) is 2.04. The van der Waals surface area contributed by atoms with Gasteiger partial charge in [-0.1, -0.05) is 13.8 Å². The molecule has 0 bridgehead atoms. The molecule has 2 unspecified atom stereocenters. The lowest BCUT2D eigenvalue weighted by atomic mass is 9.70. The van der Waals surface area contributed by atoms with E-state index in [0.717, 1.165) is 82.4 Å². The molecule has 2 heterocycles. The van der Waals surface area contributed by atoms with Gasteiger partial charge in [0.15, 0.2) is 0 Å². The monoisotopic (exact) mass is 614 g/mol. The quantitative estimate of drug-likeness (QED) is 0.158. The summed E-state index contributed by atoms with van der Waals surface area (Å²) < 4.78 is 28.2. The smallest absolute Gasteiger partial charge is 0.245 e. The normalized spacial score (nSPS) is 23.3. The van der Waals surface area contributed by atoms with Gasteiger partial charge >= 0.3 is 0 Å². The summed E-state index contributed by atoms with van der Waals surface area (Å²) in [6.07, 6.45) is 5.78. The second-order valence-corrected chi connectivity index (χ2v) is 12.1. The highest BCUT2D eigenvalue weighted by molar-refractivity contribution is 5.76. The third kappa shape index (κ3) is 17.1. The molecule has 0 aromatic rings. The van der Waals surface area contributed by atoms with E-state index in [1.165, 1.54) is 32.5 Å². The number of rotatable bonds is 24. The van der Waals surface area contributed by atoms with E-state index in [1.807, 2.05) is 0 Å². The molecule has 11 heteroatoms. The van der Waals surface area contributed by atoms with Crippen LogP contribution in [-0.2, 0) is 33.3 Å². The van der Waals surface area contributed by atoms with Gasteiger partial charge in [-0.2, -0.15) is 0 Å². The van der Waals surface area contributed by atoms with Crippen molar-refractivity contribution in [2.24, 2.45) is 23.7 Å². The summed E-state index contributed by atoms with van der Waals surface area (Å²) in [6.45, 7) is 17.5. The fraction of sp³-hybridized carbons (Fsp3) is 0.938. The Morgan fingerprint density at radius 3 is 1.60 bits per heavy atom. The Hall–Kier alpha value is -1.34. The van der Waals surface area contributed by atoms with Crippen LogP contribution in [0.3, 0.4) is 0 Å². The van der Waals surface area contributed by atoms with E-state index in [2.05, 4.69) is 34.3 Å². The number of hydrogen-bond donors (Lipinski definition) is 2. The summed E-state index contributed by atoms with van der Waals surface area (Å²) in [5.74, 6) is 2.89. The van der Waals surface area contributed by atoms with Crippen molar-refractivity contribution in [2.75, 3.05) is 119 Å². The van der Waals surface area contributed by atoms with Crippen LogP contribution in [0.25, 0.3) is 0 Å². The minimum absolute atomic E-state index is 0.0211. The van der Waals surface area contributed by atoms with Crippen LogP contribution in [0.2, 0.25) is 0 Å². The standard InChI is InChI=1S/C32H62N4O7/c1-27-8-11-35(13-20-40-16-6-5-15-39-19-10-31(37)33-3)24-29(27)30-25-36(12-9-28(30)2)14-21-41-17-7-18-42-22-23-43-26-32(38)34-4/h27-30H,5-26H2,1-4H3,(H,33,37)(H,34,38)/t27-,28+,29?,30?/m1/s1. The van der Waals surface area contributed by atoms with Crippen molar-refractivity contribution in [2.45, 2.75) is 52.4 Å². The van der Waals surface area contributed by atoms with Crippen molar-refractivity contribution in [3.8, 4) is 0 Å². The first-order chi connectivity index (χ1) is 20.9. The van der Waals surface area contributed by atoms with Crippen molar-refractivity contribution in [1.82, 2.24) is 20.4 Å². The van der Waals surface area contributed by atoms with E-state index < -0.39 is 0 Å². The van der Waals surface area contributed by atoms with E-state index in [1.54, 1.807) is 14.1 Å².